The van der Waals surface area contributed by atoms with Gasteiger partial charge in [0.15, 0.2) is 0 Å². The van der Waals surface area contributed by atoms with Crippen LogP contribution in [0.1, 0.15) is 18.5 Å². The Morgan fingerprint density at radius 2 is 2.09 bits per heavy atom. The van der Waals surface area contributed by atoms with Crippen LogP contribution in [0.2, 0.25) is 0 Å². The number of rotatable bonds is 3. The van der Waals surface area contributed by atoms with E-state index in [2.05, 4.69) is 20.8 Å². The number of nitrogens with one attached hydrogen (secondary N) is 1. The highest BCUT2D eigenvalue weighted by atomic mass is 16.6. The van der Waals surface area contributed by atoms with Crippen LogP contribution in [-0.2, 0) is 9.53 Å². The summed E-state index contributed by atoms with van der Waals surface area (Å²) in [6.45, 7) is 1.71. The first kappa shape index (κ1) is 14.6. The lowest BCUT2D eigenvalue weighted by atomic mass is 9.95. The summed E-state index contributed by atoms with van der Waals surface area (Å²) in [4.78, 5) is 22.5. The molecule has 10 heteroatoms. The molecule has 10 nitrogen and oxygen atoms in total. The normalized spacial score (nSPS) is 16.5. The van der Waals surface area contributed by atoms with Gasteiger partial charge in [-0.15, -0.1) is 0 Å². The van der Waals surface area contributed by atoms with Crippen molar-refractivity contribution in [1.29, 1.82) is 0 Å². The van der Waals surface area contributed by atoms with Gasteiger partial charge in [0, 0.05) is 17.8 Å². The summed E-state index contributed by atoms with van der Waals surface area (Å²) < 4.78 is 6.27. The van der Waals surface area contributed by atoms with Gasteiger partial charge in [0.05, 0.1) is 17.6 Å². The molecule has 2 aromatic rings. The van der Waals surface area contributed by atoms with Crippen molar-refractivity contribution in [2.24, 2.45) is 0 Å². The summed E-state index contributed by atoms with van der Waals surface area (Å²) >= 11 is 0. The van der Waals surface area contributed by atoms with E-state index in [1.807, 2.05) is 0 Å². The summed E-state index contributed by atoms with van der Waals surface area (Å²) in [5, 5.41) is 25.1. The summed E-state index contributed by atoms with van der Waals surface area (Å²) in [5.41, 5.74) is 1.48. The molecule has 0 saturated heterocycles. The molecule has 118 valence electrons. The molecule has 0 fully saturated rings. The highest BCUT2D eigenvalue weighted by Crippen LogP contribution is 2.35. The molecule has 0 amide bonds. The Morgan fingerprint density at radius 3 is 2.70 bits per heavy atom. The van der Waals surface area contributed by atoms with Gasteiger partial charge in [-0.05, 0) is 35.0 Å². The smallest absolute Gasteiger partial charge is 0.338 e. The second-order valence-electron chi connectivity index (χ2n) is 4.85. The molecule has 3 rings (SSSR count). The summed E-state index contributed by atoms with van der Waals surface area (Å²) in [6, 6.07) is 5.23. The maximum atomic E-state index is 12.2. The van der Waals surface area contributed by atoms with Gasteiger partial charge in [-0.2, -0.15) is 4.68 Å². The van der Waals surface area contributed by atoms with E-state index in [1.54, 1.807) is 19.1 Å². The number of non-ortho nitro benzene ring substituents is 1. The molecule has 1 aromatic heterocycles. The average molecular weight is 316 g/mol. The minimum Gasteiger partial charge on any atom is -0.466 e. The Hall–Kier alpha value is -3.30. The number of carbonyl (C=O) groups is 1. The average Bonchev–Trinajstić information content (AvgIpc) is 3.00. The molecule has 0 aliphatic carbocycles. The van der Waals surface area contributed by atoms with Crippen LogP contribution in [0.3, 0.4) is 0 Å². The van der Waals surface area contributed by atoms with E-state index in [0.29, 0.717) is 22.8 Å². The lowest BCUT2D eigenvalue weighted by molar-refractivity contribution is -0.384. The summed E-state index contributed by atoms with van der Waals surface area (Å²) in [7, 11) is 1.28. The molecule has 1 N–H and O–H groups in total. The molecule has 2 heterocycles. The van der Waals surface area contributed by atoms with Crippen molar-refractivity contribution in [3.63, 3.8) is 0 Å². The van der Waals surface area contributed by atoms with Crippen molar-refractivity contribution in [3.05, 3.63) is 51.2 Å². The Kier molecular flexibility index (Phi) is 3.48. The van der Waals surface area contributed by atoms with Crippen LogP contribution in [0, 0.1) is 10.1 Å². The molecule has 1 aliphatic rings. The van der Waals surface area contributed by atoms with Gasteiger partial charge < -0.3 is 10.1 Å². The number of nitrogens with zero attached hydrogens (tertiary/aromatic N) is 5. The number of hydrogen-bond donors (Lipinski definition) is 1. The number of carbonyl (C=O) groups excluding carboxylic acids is 1. The van der Waals surface area contributed by atoms with Crippen LogP contribution in [0.15, 0.2) is 35.5 Å². The first-order valence-electron chi connectivity index (χ1n) is 6.61. The number of hydrogen-bond acceptors (Lipinski definition) is 8. The van der Waals surface area contributed by atoms with Gasteiger partial charge in [-0.1, -0.05) is 5.10 Å². The maximum absolute atomic E-state index is 12.2. The van der Waals surface area contributed by atoms with Gasteiger partial charge in [0.25, 0.3) is 5.69 Å². The summed E-state index contributed by atoms with van der Waals surface area (Å²) in [6.07, 6.45) is 0. The van der Waals surface area contributed by atoms with E-state index in [-0.39, 0.29) is 5.69 Å². The van der Waals surface area contributed by atoms with Gasteiger partial charge in [0.1, 0.15) is 6.04 Å². The fraction of sp³-hybridized carbons (Fsp3) is 0.231. The number of benzene rings is 1. The van der Waals surface area contributed by atoms with Crippen molar-refractivity contribution >= 4 is 17.6 Å². The topological polar surface area (TPSA) is 125 Å². The van der Waals surface area contributed by atoms with Crippen LogP contribution < -0.4 is 5.32 Å². The fourth-order valence-corrected chi connectivity index (χ4v) is 2.47. The number of ether oxygens (including phenoxy) is 1. The molecule has 1 aromatic carbocycles. The third kappa shape index (κ3) is 2.39. The maximum Gasteiger partial charge on any atom is 0.338 e. The van der Waals surface area contributed by atoms with E-state index < -0.39 is 16.9 Å². The van der Waals surface area contributed by atoms with Gasteiger partial charge >= 0.3 is 5.97 Å². The van der Waals surface area contributed by atoms with Gasteiger partial charge in [0.2, 0.25) is 5.95 Å². The lowest BCUT2D eigenvalue weighted by Crippen LogP contribution is -2.29. The quantitative estimate of drug-likeness (QED) is 0.506. The number of nitro groups is 1. The van der Waals surface area contributed by atoms with Crippen molar-refractivity contribution in [2.45, 2.75) is 13.0 Å². The van der Waals surface area contributed by atoms with E-state index >= 15 is 0 Å². The zero-order chi connectivity index (χ0) is 16.6. The van der Waals surface area contributed by atoms with Crippen LogP contribution in [-0.4, -0.2) is 38.2 Å². The third-order valence-electron chi connectivity index (χ3n) is 3.54. The second-order valence-corrected chi connectivity index (χ2v) is 4.85. The molecule has 0 bridgehead atoms. The van der Waals surface area contributed by atoms with E-state index in [4.69, 9.17) is 4.74 Å². The number of tetrazole rings is 1. The minimum absolute atomic E-state index is 0.0417. The van der Waals surface area contributed by atoms with Crippen molar-refractivity contribution in [2.75, 3.05) is 12.4 Å². The molecule has 0 radical (unpaired) electrons. The Balaban J connectivity index is 2.13. The van der Waals surface area contributed by atoms with E-state index in [1.165, 1.54) is 23.9 Å². The van der Waals surface area contributed by atoms with E-state index in [0.717, 1.165) is 0 Å². The molecular formula is C13H12N6O4. The molecule has 1 atom stereocenters. The minimum atomic E-state index is -0.630. The van der Waals surface area contributed by atoms with Crippen molar-refractivity contribution in [3.8, 4) is 0 Å². The summed E-state index contributed by atoms with van der Waals surface area (Å²) in [5.74, 6) is -0.155. The fourth-order valence-electron chi connectivity index (χ4n) is 2.47. The van der Waals surface area contributed by atoms with Crippen molar-refractivity contribution in [1.82, 2.24) is 20.2 Å². The molecular weight excluding hydrogens is 304 g/mol. The van der Waals surface area contributed by atoms with E-state index in [9.17, 15) is 14.9 Å². The Labute approximate surface area is 129 Å². The number of aromatic nitrogens is 4. The highest BCUT2D eigenvalue weighted by Gasteiger charge is 2.34. The number of nitro benzene ring substituents is 1. The van der Waals surface area contributed by atoms with Gasteiger partial charge in [-0.3, -0.25) is 10.1 Å². The number of anilines is 1. The predicted octanol–water partition coefficient (Wildman–Crippen LogP) is 1.04. The molecule has 23 heavy (non-hydrogen) atoms. The molecule has 1 aliphatic heterocycles. The Bertz CT molecular complexity index is 810. The number of esters is 1. The first-order chi connectivity index (χ1) is 11.0. The van der Waals surface area contributed by atoms with Crippen LogP contribution in [0.25, 0.3) is 0 Å². The predicted molar refractivity (Wildman–Crippen MR) is 77.4 cm³/mol. The monoisotopic (exact) mass is 316 g/mol. The number of allylic oxidation sites excluding steroid dienone is 1. The number of fused-ring (bicyclic) bond motifs is 1. The Morgan fingerprint density at radius 1 is 1.39 bits per heavy atom. The first-order valence-corrected chi connectivity index (χ1v) is 6.61. The lowest BCUT2D eigenvalue weighted by Gasteiger charge is -2.26. The second kappa shape index (κ2) is 5.48. The molecule has 1 unspecified atom stereocenters. The molecule has 0 spiro atoms. The highest BCUT2D eigenvalue weighted by molar-refractivity contribution is 5.92. The van der Waals surface area contributed by atoms with Crippen LogP contribution in [0.5, 0.6) is 0 Å². The zero-order valence-corrected chi connectivity index (χ0v) is 12.3. The van der Waals surface area contributed by atoms with Crippen LogP contribution >= 0.6 is 0 Å². The number of methoxy groups -OCH3 is 1. The van der Waals surface area contributed by atoms with Crippen LogP contribution in [0.4, 0.5) is 11.6 Å². The SMILES string of the molecule is COC(=O)C1=C(C)Nc2nnnn2C1c1ccc([N+](=O)[O-])cc1. The third-order valence-corrected chi connectivity index (χ3v) is 3.54. The largest absolute Gasteiger partial charge is 0.466 e. The zero-order valence-electron chi connectivity index (χ0n) is 12.3. The van der Waals surface area contributed by atoms with Gasteiger partial charge in [-0.25, -0.2) is 4.79 Å². The molecule has 0 saturated carbocycles. The van der Waals surface area contributed by atoms with Crippen molar-refractivity contribution < 1.29 is 14.5 Å². The standard InChI is InChI=1S/C13H12N6O4/c1-7-10(12(20)23-2)11(18-13(14-7)15-16-17-18)8-3-5-9(6-4-8)19(21)22/h3-6,11H,1-2H3,(H,14,15,17).